The number of nitrogen functional groups attached to an aromatic ring is 1. The van der Waals surface area contributed by atoms with Gasteiger partial charge in [-0.15, -0.1) is 0 Å². The van der Waals surface area contributed by atoms with Gasteiger partial charge in [0.1, 0.15) is 0 Å². The molecule has 1 fully saturated rings. The summed E-state index contributed by atoms with van der Waals surface area (Å²) in [4.78, 5) is 18.8. The molecule has 0 radical (unpaired) electrons. The van der Waals surface area contributed by atoms with Crippen molar-refractivity contribution in [3.63, 3.8) is 0 Å². The Labute approximate surface area is 140 Å². The fraction of sp³-hybridized carbons (Fsp3) is 0.611. The highest BCUT2D eigenvalue weighted by atomic mass is 16.2. The Morgan fingerprint density at radius 2 is 1.87 bits per heavy atom. The van der Waals surface area contributed by atoms with Crippen LogP contribution in [0, 0.1) is 0 Å². The van der Waals surface area contributed by atoms with Crippen molar-refractivity contribution in [3.05, 3.63) is 24.3 Å². The molecule has 23 heavy (non-hydrogen) atoms. The molecule has 0 aromatic heterocycles. The quantitative estimate of drug-likeness (QED) is 0.782. The van der Waals surface area contributed by atoms with Crippen LogP contribution in [0.1, 0.15) is 27.2 Å². The van der Waals surface area contributed by atoms with Crippen LogP contribution in [0.3, 0.4) is 0 Å². The Morgan fingerprint density at radius 1 is 1.22 bits per heavy atom. The Balaban J connectivity index is 1.96. The molecular weight excluding hydrogens is 288 g/mol. The fourth-order valence-electron chi connectivity index (χ4n) is 3.30. The van der Waals surface area contributed by atoms with Gasteiger partial charge >= 0.3 is 0 Å². The van der Waals surface area contributed by atoms with Crippen molar-refractivity contribution in [1.82, 2.24) is 9.80 Å². The molecule has 1 aromatic carbocycles. The number of likely N-dealkylation sites (N-methyl/N-ethyl adjacent to an activating group) is 1. The molecule has 1 amide bonds. The third-order valence-electron chi connectivity index (χ3n) is 4.82. The molecule has 0 saturated carbocycles. The number of rotatable bonds is 7. The molecule has 1 heterocycles. The lowest BCUT2D eigenvalue weighted by atomic mass is 10.2. The Hall–Kier alpha value is -1.75. The van der Waals surface area contributed by atoms with Crippen LogP contribution in [-0.4, -0.2) is 61.0 Å². The molecule has 5 heteroatoms. The van der Waals surface area contributed by atoms with Crippen molar-refractivity contribution in [1.29, 1.82) is 0 Å². The molecule has 1 unspecified atom stereocenters. The van der Waals surface area contributed by atoms with Crippen molar-refractivity contribution in [3.8, 4) is 0 Å². The van der Waals surface area contributed by atoms with E-state index in [1.807, 2.05) is 12.1 Å². The van der Waals surface area contributed by atoms with Gasteiger partial charge in [-0.2, -0.15) is 0 Å². The number of hydrogen-bond acceptors (Lipinski definition) is 4. The number of hydrogen-bond donors (Lipinski definition) is 1. The smallest absolute Gasteiger partial charge is 0.219 e. The number of amides is 1. The minimum atomic E-state index is 0.182. The summed E-state index contributed by atoms with van der Waals surface area (Å²) in [5.41, 5.74) is 7.73. The van der Waals surface area contributed by atoms with Gasteiger partial charge in [0.25, 0.3) is 0 Å². The van der Waals surface area contributed by atoms with E-state index in [-0.39, 0.29) is 5.91 Å². The second-order valence-corrected chi connectivity index (χ2v) is 6.22. The lowest BCUT2D eigenvalue weighted by Gasteiger charge is -2.30. The van der Waals surface area contributed by atoms with Crippen LogP contribution in [0.2, 0.25) is 0 Å². The summed E-state index contributed by atoms with van der Waals surface area (Å²) in [7, 11) is 0. The van der Waals surface area contributed by atoms with Gasteiger partial charge in [0, 0.05) is 44.5 Å². The molecule has 1 aliphatic rings. The van der Waals surface area contributed by atoms with Crippen molar-refractivity contribution >= 4 is 17.3 Å². The maximum absolute atomic E-state index is 12.1. The fourth-order valence-corrected chi connectivity index (χ4v) is 3.30. The second kappa shape index (κ2) is 8.20. The van der Waals surface area contributed by atoms with Gasteiger partial charge in [-0.05, 0) is 43.8 Å². The molecule has 0 bridgehead atoms. The summed E-state index contributed by atoms with van der Waals surface area (Å²) in [6.07, 6.45) is 1.03. The lowest BCUT2D eigenvalue weighted by Crippen LogP contribution is -2.45. The number of carbonyl (C=O) groups excluding carboxylic acids is 1. The van der Waals surface area contributed by atoms with Crippen LogP contribution in [0.4, 0.5) is 11.4 Å². The van der Waals surface area contributed by atoms with Gasteiger partial charge in [0.05, 0.1) is 6.04 Å². The maximum Gasteiger partial charge on any atom is 0.219 e. The summed E-state index contributed by atoms with van der Waals surface area (Å²) in [5.74, 6) is 0.182. The van der Waals surface area contributed by atoms with E-state index in [1.165, 1.54) is 5.69 Å². The van der Waals surface area contributed by atoms with Gasteiger partial charge in [-0.3, -0.25) is 4.79 Å². The van der Waals surface area contributed by atoms with E-state index in [1.54, 1.807) is 6.92 Å². The summed E-state index contributed by atoms with van der Waals surface area (Å²) in [6.45, 7) is 11.7. The van der Waals surface area contributed by atoms with Crippen LogP contribution >= 0.6 is 0 Å². The van der Waals surface area contributed by atoms with Crippen LogP contribution < -0.4 is 10.6 Å². The second-order valence-electron chi connectivity index (χ2n) is 6.22. The summed E-state index contributed by atoms with van der Waals surface area (Å²) < 4.78 is 0. The number of nitrogens with zero attached hydrogens (tertiary/aromatic N) is 3. The van der Waals surface area contributed by atoms with E-state index in [0.29, 0.717) is 6.04 Å². The topological polar surface area (TPSA) is 52.8 Å². The molecule has 128 valence electrons. The van der Waals surface area contributed by atoms with Crippen LogP contribution in [0.25, 0.3) is 0 Å². The van der Waals surface area contributed by atoms with Crippen molar-refractivity contribution in [2.75, 3.05) is 49.9 Å². The molecule has 1 saturated heterocycles. The SMILES string of the molecule is CCN(CC)CCN(C(C)=O)C1CCN(c2ccc(N)cc2)C1. The van der Waals surface area contributed by atoms with Crippen LogP contribution in [0.5, 0.6) is 0 Å². The van der Waals surface area contributed by atoms with Crippen LogP contribution in [-0.2, 0) is 4.79 Å². The van der Waals surface area contributed by atoms with E-state index in [4.69, 9.17) is 5.73 Å². The van der Waals surface area contributed by atoms with Gasteiger partial charge in [0.15, 0.2) is 0 Å². The van der Waals surface area contributed by atoms with Crippen molar-refractivity contribution in [2.24, 2.45) is 0 Å². The molecule has 5 nitrogen and oxygen atoms in total. The zero-order valence-electron chi connectivity index (χ0n) is 14.7. The summed E-state index contributed by atoms with van der Waals surface area (Å²) in [6, 6.07) is 8.30. The number of nitrogens with two attached hydrogens (primary N) is 1. The van der Waals surface area contributed by atoms with Gasteiger partial charge in [0.2, 0.25) is 5.91 Å². The average Bonchev–Trinajstić information content (AvgIpc) is 3.01. The number of carbonyl (C=O) groups is 1. The predicted molar refractivity (Wildman–Crippen MR) is 96.6 cm³/mol. The first kappa shape index (κ1) is 17.6. The average molecular weight is 318 g/mol. The van der Waals surface area contributed by atoms with Gasteiger partial charge < -0.3 is 20.4 Å². The first-order valence-corrected chi connectivity index (χ1v) is 8.65. The molecule has 2 rings (SSSR count). The highest BCUT2D eigenvalue weighted by Crippen LogP contribution is 2.24. The molecule has 1 aromatic rings. The lowest BCUT2D eigenvalue weighted by molar-refractivity contribution is -0.131. The minimum absolute atomic E-state index is 0.182. The molecular formula is C18H30N4O. The van der Waals surface area contributed by atoms with E-state index < -0.39 is 0 Å². The molecule has 1 atom stereocenters. The first-order chi connectivity index (χ1) is 11.0. The van der Waals surface area contributed by atoms with Gasteiger partial charge in [-0.1, -0.05) is 13.8 Å². The van der Waals surface area contributed by atoms with E-state index in [2.05, 4.69) is 40.7 Å². The molecule has 0 spiro atoms. The third kappa shape index (κ3) is 4.61. The van der Waals surface area contributed by atoms with E-state index >= 15 is 0 Å². The normalized spacial score (nSPS) is 17.7. The standard InChI is InChI=1S/C18H30N4O/c1-4-20(5-2)12-13-22(15(3)23)18-10-11-21(14-18)17-8-6-16(19)7-9-17/h6-9,18H,4-5,10-14,19H2,1-3H3. The summed E-state index contributed by atoms with van der Waals surface area (Å²) in [5, 5.41) is 0. The summed E-state index contributed by atoms with van der Waals surface area (Å²) >= 11 is 0. The minimum Gasteiger partial charge on any atom is -0.399 e. The first-order valence-electron chi connectivity index (χ1n) is 8.65. The number of benzene rings is 1. The Kier molecular flexibility index (Phi) is 6.28. The third-order valence-corrected chi connectivity index (χ3v) is 4.82. The van der Waals surface area contributed by atoms with Gasteiger partial charge in [-0.25, -0.2) is 0 Å². The molecule has 2 N–H and O–H groups in total. The zero-order valence-corrected chi connectivity index (χ0v) is 14.7. The largest absolute Gasteiger partial charge is 0.399 e. The number of anilines is 2. The maximum atomic E-state index is 12.1. The monoisotopic (exact) mass is 318 g/mol. The highest BCUT2D eigenvalue weighted by Gasteiger charge is 2.29. The zero-order chi connectivity index (χ0) is 16.8. The molecule has 0 aliphatic carbocycles. The highest BCUT2D eigenvalue weighted by molar-refractivity contribution is 5.74. The van der Waals surface area contributed by atoms with E-state index in [9.17, 15) is 4.79 Å². The Morgan fingerprint density at radius 3 is 2.43 bits per heavy atom. The molecule has 1 aliphatic heterocycles. The van der Waals surface area contributed by atoms with E-state index in [0.717, 1.165) is 51.4 Å². The van der Waals surface area contributed by atoms with Crippen molar-refractivity contribution < 1.29 is 4.79 Å². The predicted octanol–water partition coefficient (Wildman–Crippen LogP) is 2.04. The Bertz CT molecular complexity index is 498. The van der Waals surface area contributed by atoms with Crippen molar-refractivity contribution in [2.45, 2.75) is 33.2 Å². The van der Waals surface area contributed by atoms with Crippen LogP contribution in [0.15, 0.2) is 24.3 Å².